The lowest BCUT2D eigenvalue weighted by Crippen LogP contribution is -2.25. The summed E-state index contributed by atoms with van der Waals surface area (Å²) in [7, 11) is 1.58. The lowest BCUT2D eigenvalue weighted by molar-refractivity contribution is 0.102. The number of nitrogens with zero attached hydrogens (tertiary/aromatic N) is 3. The van der Waals surface area contributed by atoms with E-state index in [4.69, 9.17) is 4.74 Å². The maximum Gasteiger partial charge on any atom is 0.274 e. The summed E-state index contributed by atoms with van der Waals surface area (Å²) in [4.78, 5) is 23.4. The molecule has 0 bridgehead atoms. The topological polar surface area (TPSA) is 67.4 Å². The Morgan fingerprint density at radius 2 is 1.88 bits per heavy atom. The largest absolute Gasteiger partial charge is 0.495 e. The molecule has 1 heterocycles. The van der Waals surface area contributed by atoms with Crippen molar-refractivity contribution in [3.63, 3.8) is 0 Å². The molecule has 1 amide bonds. The third-order valence-corrected chi connectivity index (χ3v) is 3.75. The summed E-state index contributed by atoms with van der Waals surface area (Å²) in [5, 5.41) is 2.88. The van der Waals surface area contributed by atoms with E-state index in [1.807, 2.05) is 25.1 Å². The minimum absolute atomic E-state index is 0.280. The van der Waals surface area contributed by atoms with Crippen LogP contribution < -0.4 is 15.0 Å². The number of aromatic nitrogens is 2. The van der Waals surface area contributed by atoms with Crippen molar-refractivity contribution in [3.8, 4) is 5.75 Å². The van der Waals surface area contributed by atoms with E-state index in [9.17, 15) is 4.79 Å². The van der Waals surface area contributed by atoms with Crippen LogP contribution in [0.1, 0.15) is 35.7 Å². The van der Waals surface area contributed by atoms with Gasteiger partial charge in [-0.15, -0.1) is 0 Å². The number of hydrogen-bond acceptors (Lipinski definition) is 5. The Morgan fingerprint density at radius 3 is 2.50 bits per heavy atom. The van der Waals surface area contributed by atoms with Gasteiger partial charge in [0.05, 0.1) is 12.8 Å². The molecular formula is C18H24N4O2. The number of carbonyl (C=O) groups is 1. The van der Waals surface area contributed by atoms with E-state index in [2.05, 4.69) is 34.0 Å². The van der Waals surface area contributed by atoms with Crippen LogP contribution in [0, 0.1) is 13.8 Å². The minimum atomic E-state index is -0.280. The first-order valence-corrected chi connectivity index (χ1v) is 8.05. The Labute approximate surface area is 142 Å². The van der Waals surface area contributed by atoms with Crippen molar-refractivity contribution < 1.29 is 9.53 Å². The molecule has 24 heavy (non-hydrogen) atoms. The zero-order valence-corrected chi connectivity index (χ0v) is 14.9. The number of rotatable bonds is 6. The van der Waals surface area contributed by atoms with E-state index < -0.39 is 0 Å². The van der Waals surface area contributed by atoms with E-state index in [0.717, 1.165) is 24.5 Å². The maximum atomic E-state index is 12.6. The molecule has 2 rings (SSSR count). The van der Waals surface area contributed by atoms with Gasteiger partial charge in [-0.05, 0) is 45.4 Å². The number of methoxy groups -OCH3 is 1. The highest BCUT2D eigenvalue weighted by Gasteiger charge is 2.15. The van der Waals surface area contributed by atoms with Crippen molar-refractivity contribution in [2.75, 3.05) is 30.4 Å². The molecule has 1 N–H and O–H groups in total. The van der Waals surface area contributed by atoms with Crippen LogP contribution in [0.3, 0.4) is 0 Å². The van der Waals surface area contributed by atoms with Crippen molar-refractivity contribution in [1.29, 1.82) is 0 Å². The molecule has 128 valence electrons. The summed E-state index contributed by atoms with van der Waals surface area (Å²) >= 11 is 0. The molecule has 0 spiro atoms. The Bertz CT molecular complexity index is 727. The second-order valence-electron chi connectivity index (χ2n) is 5.49. The Hall–Kier alpha value is -2.63. The number of ether oxygens (including phenoxy) is 1. The van der Waals surface area contributed by atoms with Gasteiger partial charge in [0.1, 0.15) is 23.1 Å². The molecule has 0 aliphatic heterocycles. The van der Waals surface area contributed by atoms with Crippen molar-refractivity contribution in [2.24, 2.45) is 0 Å². The number of benzene rings is 1. The first-order valence-electron chi connectivity index (χ1n) is 8.05. The average molecular weight is 328 g/mol. The van der Waals surface area contributed by atoms with E-state index >= 15 is 0 Å². The fraction of sp³-hybridized carbons (Fsp3) is 0.389. The molecular weight excluding hydrogens is 304 g/mol. The highest BCUT2D eigenvalue weighted by Crippen LogP contribution is 2.26. The average Bonchev–Trinajstić information content (AvgIpc) is 2.55. The van der Waals surface area contributed by atoms with Crippen LogP contribution in [0.2, 0.25) is 0 Å². The van der Waals surface area contributed by atoms with Gasteiger partial charge in [0.2, 0.25) is 0 Å². The lowest BCUT2D eigenvalue weighted by atomic mass is 10.2. The second kappa shape index (κ2) is 7.77. The standard InChI is InChI=1S/C18H24N4O2/c1-6-22(7-2)17-11-15(19-13(4)20-17)18(23)21-14-10-12(3)8-9-16(14)24-5/h8-11H,6-7H2,1-5H3,(H,21,23). The van der Waals surface area contributed by atoms with Crippen LogP contribution in [0.15, 0.2) is 24.3 Å². The van der Waals surface area contributed by atoms with Crippen molar-refractivity contribution in [3.05, 3.63) is 41.3 Å². The highest BCUT2D eigenvalue weighted by molar-refractivity contribution is 6.04. The molecule has 1 aromatic heterocycles. The molecule has 0 aliphatic carbocycles. The molecule has 6 nitrogen and oxygen atoms in total. The van der Waals surface area contributed by atoms with Crippen LogP contribution in [0.25, 0.3) is 0 Å². The third kappa shape index (κ3) is 4.01. The molecule has 2 aromatic rings. The highest BCUT2D eigenvalue weighted by atomic mass is 16.5. The summed E-state index contributed by atoms with van der Waals surface area (Å²) in [6.45, 7) is 9.50. The van der Waals surface area contributed by atoms with Crippen LogP contribution in [-0.4, -0.2) is 36.1 Å². The number of nitrogens with one attached hydrogen (secondary N) is 1. The Kier molecular flexibility index (Phi) is 5.73. The monoisotopic (exact) mass is 328 g/mol. The number of anilines is 2. The minimum Gasteiger partial charge on any atom is -0.495 e. The summed E-state index contributed by atoms with van der Waals surface area (Å²) in [5.74, 6) is 1.66. The van der Waals surface area contributed by atoms with Gasteiger partial charge < -0.3 is 15.0 Å². The summed E-state index contributed by atoms with van der Waals surface area (Å²) in [6, 6.07) is 7.35. The number of hydrogen-bond donors (Lipinski definition) is 1. The predicted octanol–water partition coefficient (Wildman–Crippen LogP) is 3.20. The normalized spacial score (nSPS) is 10.4. The number of amides is 1. The molecule has 0 saturated heterocycles. The second-order valence-corrected chi connectivity index (χ2v) is 5.49. The molecule has 0 fully saturated rings. The third-order valence-electron chi connectivity index (χ3n) is 3.75. The molecule has 0 unspecified atom stereocenters. The molecule has 0 aliphatic rings. The maximum absolute atomic E-state index is 12.6. The predicted molar refractivity (Wildman–Crippen MR) is 96.0 cm³/mol. The van der Waals surface area contributed by atoms with E-state index in [1.54, 1.807) is 20.1 Å². The van der Waals surface area contributed by atoms with Crippen molar-refractivity contribution in [2.45, 2.75) is 27.7 Å². The van der Waals surface area contributed by atoms with Gasteiger partial charge in [-0.2, -0.15) is 0 Å². The Morgan fingerprint density at radius 1 is 1.17 bits per heavy atom. The smallest absolute Gasteiger partial charge is 0.274 e. The van der Waals surface area contributed by atoms with Gasteiger partial charge in [0.15, 0.2) is 0 Å². The first-order chi connectivity index (χ1) is 11.5. The lowest BCUT2D eigenvalue weighted by Gasteiger charge is -2.20. The molecule has 0 saturated carbocycles. The molecule has 1 aromatic carbocycles. The zero-order chi connectivity index (χ0) is 17.7. The van der Waals surface area contributed by atoms with E-state index in [-0.39, 0.29) is 5.91 Å². The van der Waals surface area contributed by atoms with Crippen LogP contribution >= 0.6 is 0 Å². The van der Waals surface area contributed by atoms with Gasteiger partial charge >= 0.3 is 0 Å². The van der Waals surface area contributed by atoms with E-state index in [0.29, 0.717) is 23.0 Å². The summed E-state index contributed by atoms with van der Waals surface area (Å²) in [5.41, 5.74) is 2.00. The zero-order valence-electron chi connectivity index (χ0n) is 14.9. The summed E-state index contributed by atoms with van der Waals surface area (Å²) in [6.07, 6.45) is 0. The number of aryl methyl sites for hydroxylation is 2. The Balaban J connectivity index is 2.32. The SMILES string of the molecule is CCN(CC)c1cc(C(=O)Nc2cc(C)ccc2OC)nc(C)n1. The summed E-state index contributed by atoms with van der Waals surface area (Å²) < 4.78 is 5.30. The van der Waals surface area contributed by atoms with Gasteiger partial charge in [-0.3, -0.25) is 4.79 Å². The molecule has 0 radical (unpaired) electrons. The number of carbonyl (C=O) groups excluding carboxylic acids is 1. The van der Waals surface area contributed by atoms with Gasteiger partial charge in [0.25, 0.3) is 5.91 Å². The van der Waals surface area contributed by atoms with Crippen molar-refractivity contribution in [1.82, 2.24) is 9.97 Å². The fourth-order valence-electron chi connectivity index (χ4n) is 2.48. The van der Waals surface area contributed by atoms with Crippen LogP contribution in [0.4, 0.5) is 11.5 Å². The van der Waals surface area contributed by atoms with Crippen LogP contribution in [-0.2, 0) is 0 Å². The quantitative estimate of drug-likeness (QED) is 0.882. The molecule has 0 atom stereocenters. The van der Waals surface area contributed by atoms with E-state index in [1.165, 1.54) is 0 Å². The van der Waals surface area contributed by atoms with Crippen molar-refractivity contribution >= 4 is 17.4 Å². The van der Waals surface area contributed by atoms with Crippen LogP contribution in [0.5, 0.6) is 5.75 Å². The van der Waals surface area contributed by atoms with Gasteiger partial charge in [-0.25, -0.2) is 9.97 Å². The van der Waals surface area contributed by atoms with Gasteiger partial charge in [0, 0.05) is 19.2 Å². The first kappa shape index (κ1) is 17.7. The molecule has 6 heteroatoms. The van der Waals surface area contributed by atoms with Gasteiger partial charge in [-0.1, -0.05) is 6.07 Å². The fourth-order valence-corrected chi connectivity index (χ4v) is 2.48.